The third-order valence-corrected chi connectivity index (χ3v) is 5.84. The van der Waals surface area contributed by atoms with Gasteiger partial charge in [-0.15, -0.1) is 0 Å². The zero-order valence-electron chi connectivity index (χ0n) is 16.0. The molecule has 0 radical (unpaired) electrons. The summed E-state index contributed by atoms with van der Waals surface area (Å²) in [6.07, 6.45) is 1.04. The van der Waals surface area contributed by atoms with Crippen LogP contribution in [0.15, 0.2) is 47.4 Å². The molecule has 0 saturated carbocycles. The first-order chi connectivity index (χ1) is 12.9. The van der Waals surface area contributed by atoms with E-state index in [4.69, 9.17) is 0 Å². The van der Waals surface area contributed by atoms with Crippen molar-refractivity contribution < 1.29 is 21.6 Å². The van der Waals surface area contributed by atoms with Gasteiger partial charge in [-0.1, -0.05) is 12.1 Å². The summed E-state index contributed by atoms with van der Waals surface area (Å²) >= 11 is 0. The lowest BCUT2D eigenvalue weighted by Gasteiger charge is -2.12. The summed E-state index contributed by atoms with van der Waals surface area (Å²) in [7, 11) is -7.19. The van der Waals surface area contributed by atoms with Crippen LogP contribution in [0.2, 0.25) is 0 Å². The summed E-state index contributed by atoms with van der Waals surface area (Å²) in [6.45, 7) is 5.14. The zero-order valence-corrected chi connectivity index (χ0v) is 17.6. The van der Waals surface area contributed by atoms with Crippen molar-refractivity contribution in [2.24, 2.45) is 0 Å². The molecule has 1 amide bonds. The Kier molecular flexibility index (Phi) is 6.48. The van der Waals surface area contributed by atoms with Crippen molar-refractivity contribution in [3.8, 4) is 0 Å². The molecular weight excluding hydrogens is 402 g/mol. The highest BCUT2D eigenvalue weighted by atomic mass is 32.2. The summed E-state index contributed by atoms with van der Waals surface area (Å²) in [4.78, 5) is 12.5. The molecule has 0 atom stereocenters. The first-order valence-corrected chi connectivity index (χ1v) is 11.8. The Balaban J connectivity index is 2.27. The molecule has 10 heteroatoms. The van der Waals surface area contributed by atoms with Gasteiger partial charge in [0.05, 0.1) is 16.8 Å². The average Bonchev–Trinajstić information content (AvgIpc) is 2.55. The van der Waals surface area contributed by atoms with Crippen molar-refractivity contribution in [2.75, 3.05) is 16.3 Å². The molecule has 0 aromatic heterocycles. The minimum atomic E-state index is -3.73. The van der Waals surface area contributed by atoms with E-state index >= 15 is 0 Å². The van der Waals surface area contributed by atoms with Gasteiger partial charge in [-0.2, -0.15) is 0 Å². The van der Waals surface area contributed by atoms with Gasteiger partial charge in [0, 0.05) is 17.3 Å². The second-order valence-electron chi connectivity index (χ2n) is 6.66. The molecule has 0 spiro atoms. The van der Waals surface area contributed by atoms with E-state index in [1.807, 2.05) is 0 Å². The molecule has 0 unspecified atom stereocenters. The number of amides is 1. The van der Waals surface area contributed by atoms with Gasteiger partial charge < -0.3 is 5.32 Å². The minimum Gasteiger partial charge on any atom is -0.322 e. The molecule has 0 saturated heterocycles. The SMILES string of the molecule is Cc1ccc(NC(=O)c2cccc(S(=O)(=O)NC(C)C)c2)cc1NS(C)(=O)=O. The molecule has 2 aromatic carbocycles. The van der Waals surface area contributed by atoms with Gasteiger partial charge in [-0.3, -0.25) is 9.52 Å². The highest BCUT2D eigenvalue weighted by Crippen LogP contribution is 2.22. The number of hydrogen-bond acceptors (Lipinski definition) is 5. The van der Waals surface area contributed by atoms with Crippen LogP contribution in [-0.2, 0) is 20.0 Å². The molecule has 0 bridgehead atoms. The number of carbonyl (C=O) groups is 1. The second kappa shape index (κ2) is 8.29. The van der Waals surface area contributed by atoms with Gasteiger partial charge in [0.25, 0.3) is 5.91 Å². The Bertz CT molecular complexity index is 1090. The molecule has 0 fully saturated rings. The molecule has 2 aromatic rings. The van der Waals surface area contributed by atoms with E-state index in [9.17, 15) is 21.6 Å². The van der Waals surface area contributed by atoms with E-state index in [1.165, 1.54) is 30.3 Å². The van der Waals surface area contributed by atoms with Gasteiger partial charge >= 0.3 is 0 Å². The number of benzene rings is 2. The Morgan fingerprint density at radius 2 is 1.68 bits per heavy atom. The first-order valence-electron chi connectivity index (χ1n) is 8.39. The van der Waals surface area contributed by atoms with Crippen molar-refractivity contribution in [1.29, 1.82) is 0 Å². The predicted octanol–water partition coefficient (Wildman–Crippen LogP) is 2.31. The van der Waals surface area contributed by atoms with Crippen molar-refractivity contribution in [3.05, 3.63) is 53.6 Å². The number of nitrogens with one attached hydrogen (secondary N) is 3. The van der Waals surface area contributed by atoms with Gasteiger partial charge in [-0.25, -0.2) is 21.6 Å². The lowest BCUT2D eigenvalue weighted by atomic mass is 10.1. The number of hydrogen-bond donors (Lipinski definition) is 3. The fourth-order valence-corrected chi connectivity index (χ4v) is 4.31. The normalized spacial score (nSPS) is 12.0. The van der Waals surface area contributed by atoms with E-state index in [-0.39, 0.29) is 16.5 Å². The second-order valence-corrected chi connectivity index (χ2v) is 10.1. The van der Waals surface area contributed by atoms with Gasteiger partial charge in [0.2, 0.25) is 20.0 Å². The maximum Gasteiger partial charge on any atom is 0.255 e. The van der Waals surface area contributed by atoms with Gasteiger partial charge in [-0.05, 0) is 56.7 Å². The maximum atomic E-state index is 12.5. The lowest BCUT2D eigenvalue weighted by molar-refractivity contribution is 0.102. The van der Waals surface area contributed by atoms with E-state index in [0.29, 0.717) is 16.9 Å². The van der Waals surface area contributed by atoms with Crippen molar-refractivity contribution in [1.82, 2.24) is 4.72 Å². The molecular formula is C18H23N3O5S2. The van der Waals surface area contributed by atoms with Gasteiger partial charge in [0.15, 0.2) is 0 Å². The minimum absolute atomic E-state index is 0.0165. The summed E-state index contributed by atoms with van der Waals surface area (Å²) in [5, 5.41) is 2.64. The summed E-state index contributed by atoms with van der Waals surface area (Å²) in [5.41, 5.74) is 1.56. The quantitative estimate of drug-likeness (QED) is 0.628. The van der Waals surface area contributed by atoms with Crippen LogP contribution in [0, 0.1) is 6.92 Å². The van der Waals surface area contributed by atoms with Crippen molar-refractivity contribution >= 4 is 37.3 Å². The van der Waals surface area contributed by atoms with E-state index in [2.05, 4.69) is 14.8 Å². The highest BCUT2D eigenvalue weighted by molar-refractivity contribution is 7.92. The van der Waals surface area contributed by atoms with Crippen LogP contribution in [0.3, 0.4) is 0 Å². The first kappa shape index (κ1) is 21.9. The van der Waals surface area contributed by atoms with Crippen molar-refractivity contribution in [3.63, 3.8) is 0 Å². The number of sulfonamides is 2. The molecule has 3 N–H and O–H groups in total. The predicted molar refractivity (Wildman–Crippen MR) is 109 cm³/mol. The number of aryl methyl sites for hydroxylation is 1. The molecule has 28 heavy (non-hydrogen) atoms. The standard InChI is InChI=1S/C18H23N3O5S2/c1-12(2)20-28(25,26)16-7-5-6-14(10-16)18(22)19-15-9-8-13(3)17(11-15)21-27(4,23)24/h5-12,20-21H,1-4H3,(H,19,22). The molecule has 2 rings (SSSR count). The Hall–Kier alpha value is -2.43. The number of anilines is 2. The fraction of sp³-hybridized carbons (Fsp3) is 0.278. The summed E-state index contributed by atoms with van der Waals surface area (Å²) < 4.78 is 52.3. The Morgan fingerprint density at radius 3 is 2.29 bits per heavy atom. The topological polar surface area (TPSA) is 121 Å². The van der Waals surface area contributed by atoms with Crippen LogP contribution in [0.5, 0.6) is 0 Å². The van der Waals surface area contributed by atoms with Gasteiger partial charge in [0.1, 0.15) is 0 Å². The average molecular weight is 426 g/mol. The Morgan fingerprint density at radius 1 is 1.00 bits per heavy atom. The largest absolute Gasteiger partial charge is 0.322 e. The molecule has 0 aliphatic rings. The third-order valence-electron chi connectivity index (χ3n) is 3.59. The zero-order chi connectivity index (χ0) is 21.1. The van der Waals surface area contributed by atoms with E-state index in [1.54, 1.807) is 32.9 Å². The smallest absolute Gasteiger partial charge is 0.255 e. The van der Waals surface area contributed by atoms with Crippen LogP contribution in [0.25, 0.3) is 0 Å². The Labute approximate surface area is 165 Å². The molecule has 0 aliphatic carbocycles. The van der Waals surface area contributed by atoms with Crippen molar-refractivity contribution in [2.45, 2.75) is 31.7 Å². The lowest BCUT2D eigenvalue weighted by Crippen LogP contribution is -2.30. The number of rotatable bonds is 7. The summed E-state index contributed by atoms with van der Waals surface area (Å²) in [6, 6.07) is 10.2. The van der Waals surface area contributed by atoms with Crippen LogP contribution < -0.4 is 14.8 Å². The molecule has 8 nitrogen and oxygen atoms in total. The number of carbonyl (C=O) groups excluding carboxylic acids is 1. The third kappa shape index (κ3) is 6.04. The summed E-state index contributed by atoms with van der Waals surface area (Å²) in [5.74, 6) is -0.518. The molecule has 152 valence electrons. The molecule has 0 heterocycles. The van der Waals surface area contributed by atoms with Crippen LogP contribution >= 0.6 is 0 Å². The van der Waals surface area contributed by atoms with E-state index in [0.717, 1.165) is 6.26 Å². The maximum absolute atomic E-state index is 12.5. The monoisotopic (exact) mass is 425 g/mol. The fourth-order valence-electron chi connectivity index (χ4n) is 2.40. The van der Waals surface area contributed by atoms with Crippen LogP contribution in [-0.4, -0.2) is 35.0 Å². The van der Waals surface area contributed by atoms with E-state index < -0.39 is 26.0 Å². The highest BCUT2D eigenvalue weighted by Gasteiger charge is 2.17. The van der Waals surface area contributed by atoms with Crippen LogP contribution in [0.4, 0.5) is 11.4 Å². The molecule has 0 aliphatic heterocycles. The van der Waals surface area contributed by atoms with Crippen LogP contribution in [0.1, 0.15) is 29.8 Å².